The monoisotopic (exact) mass is 228 g/mol. The molecule has 0 aliphatic heterocycles. The number of fused-ring (bicyclic) bond motifs is 1. The van der Waals surface area contributed by atoms with E-state index >= 15 is 0 Å². The van der Waals surface area contributed by atoms with Gasteiger partial charge in [0, 0.05) is 24.2 Å². The minimum atomic E-state index is 0.0846. The van der Waals surface area contributed by atoms with Crippen LogP contribution in [0.3, 0.4) is 0 Å². The molecule has 1 N–H and O–H groups in total. The number of aromatic amines is 1. The normalized spacial score (nSPS) is 24.3. The van der Waals surface area contributed by atoms with Gasteiger partial charge in [0.25, 0.3) is 0 Å². The molecule has 1 aliphatic rings. The number of H-pyrrole nitrogens is 1. The van der Waals surface area contributed by atoms with Crippen molar-refractivity contribution >= 4 is 10.9 Å². The standard InChI is InChI=1S/C14H16N2O/c1-9-2-3-10(6-9)13-7-14(17)11-8-15-5-4-12(11)16-13/h4-5,7-10H,2-3,6H2,1H3,(H,16,17)/t9?,10-/m0/s1. The van der Waals surface area contributed by atoms with Crippen molar-refractivity contribution in [2.45, 2.75) is 32.1 Å². The molecule has 2 aromatic heterocycles. The molecule has 1 fully saturated rings. The van der Waals surface area contributed by atoms with Gasteiger partial charge in [0.05, 0.1) is 10.9 Å². The minimum Gasteiger partial charge on any atom is -0.358 e. The van der Waals surface area contributed by atoms with Gasteiger partial charge in [-0.15, -0.1) is 0 Å². The maximum Gasteiger partial charge on any atom is 0.191 e. The Morgan fingerprint density at radius 3 is 3.06 bits per heavy atom. The average Bonchev–Trinajstić information content (AvgIpc) is 2.76. The van der Waals surface area contributed by atoms with E-state index in [2.05, 4.69) is 16.9 Å². The predicted molar refractivity (Wildman–Crippen MR) is 68.1 cm³/mol. The molecule has 3 rings (SSSR count). The summed E-state index contributed by atoms with van der Waals surface area (Å²) in [5.74, 6) is 1.30. The fourth-order valence-corrected chi connectivity index (χ4v) is 2.82. The van der Waals surface area contributed by atoms with Gasteiger partial charge in [-0.3, -0.25) is 9.78 Å². The molecule has 0 saturated heterocycles. The molecule has 0 bridgehead atoms. The lowest BCUT2D eigenvalue weighted by Crippen LogP contribution is -2.08. The summed E-state index contributed by atoms with van der Waals surface area (Å²) in [6, 6.07) is 3.63. The first-order valence-corrected chi connectivity index (χ1v) is 6.21. The molecule has 1 saturated carbocycles. The van der Waals surface area contributed by atoms with E-state index in [4.69, 9.17) is 0 Å². The Morgan fingerprint density at radius 2 is 2.29 bits per heavy atom. The van der Waals surface area contributed by atoms with Gasteiger partial charge < -0.3 is 4.98 Å². The maximum absolute atomic E-state index is 12.0. The third-order valence-corrected chi connectivity index (χ3v) is 3.79. The largest absolute Gasteiger partial charge is 0.358 e. The first-order chi connectivity index (χ1) is 8.24. The average molecular weight is 228 g/mol. The Kier molecular flexibility index (Phi) is 2.46. The van der Waals surface area contributed by atoms with E-state index in [1.807, 2.05) is 6.07 Å². The first kappa shape index (κ1) is 10.5. The molecule has 2 heterocycles. The number of rotatable bonds is 1. The molecule has 3 nitrogen and oxygen atoms in total. The Balaban J connectivity index is 2.09. The van der Waals surface area contributed by atoms with Crippen molar-refractivity contribution in [2.75, 3.05) is 0 Å². The molecule has 0 radical (unpaired) electrons. The van der Waals surface area contributed by atoms with E-state index in [1.54, 1.807) is 18.5 Å². The van der Waals surface area contributed by atoms with Crippen LogP contribution in [0.15, 0.2) is 29.3 Å². The number of aromatic nitrogens is 2. The van der Waals surface area contributed by atoms with E-state index in [9.17, 15) is 4.79 Å². The minimum absolute atomic E-state index is 0.0846. The second-order valence-corrected chi connectivity index (χ2v) is 5.13. The maximum atomic E-state index is 12.0. The topological polar surface area (TPSA) is 45.8 Å². The molecule has 0 amide bonds. The van der Waals surface area contributed by atoms with E-state index in [1.165, 1.54) is 19.3 Å². The number of hydrogen-bond donors (Lipinski definition) is 1. The lowest BCUT2D eigenvalue weighted by Gasteiger charge is -2.10. The molecule has 3 heteroatoms. The number of hydrogen-bond acceptors (Lipinski definition) is 2. The second kappa shape index (κ2) is 3.99. The second-order valence-electron chi connectivity index (χ2n) is 5.13. The molecule has 0 spiro atoms. The highest BCUT2D eigenvalue weighted by Crippen LogP contribution is 2.36. The highest BCUT2D eigenvalue weighted by Gasteiger charge is 2.23. The van der Waals surface area contributed by atoms with E-state index in [0.29, 0.717) is 11.3 Å². The third-order valence-electron chi connectivity index (χ3n) is 3.79. The molecule has 1 unspecified atom stereocenters. The van der Waals surface area contributed by atoms with Gasteiger partial charge >= 0.3 is 0 Å². The third kappa shape index (κ3) is 1.86. The number of nitrogens with one attached hydrogen (secondary N) is 1. The van der Waals surface area contributed by atoms with Crippen LogP contribution in [0.5, 0.6) is 0 Å². The molecule has 2 aromatic rings. The van der Waals surface area contributed by atoms with Crippen molar-refractivity contribution in [3.63, 3.8) is 0 Å². The van der Waals surface area contributed by atoms with Crippen LogP contribution in [0.4, 0.5) is 0 Å². The molecule has 88 valence electrons. The lowest BCUT2D eigenvalue weighted by molar-refractivity contribution is 0.592. The fraction of sp³-hybridized carbons (Fsp3) is 0.429. The Labute approximate surface area is 99.9 Å². The van der Waals surface area contributed by atoms with Crippen molar-refractivity contribution < 1.29 is 0 Å². The first-order valence-electron chi connectivity index (χ1n) is 6.21. The highest BCUT2D eigenvalue weighted by atomic mass is 16.1. The number of nitrogens with zero attached hydrogens (tertiary/aromatic N) is 1. The van der Waals surface area contributed by atoms with Crippen LogP contribution < -0.4 is 5.43 Å². The van der Waals surface area contributed by atoms with Gasteiger partial charge in [-0.1, -0.05) is 13.3 Å². The van der Waals surface area contributed by atoms with Crippen LogP contribution in [0.25, 0.3) is 10.9 Å². The van der Waals surface area contributed by atoms with Gasteiger partial charge in [0.1, 0.15) is 0 Å². The van der Waals surface area contributed by atoms with Crippen LogP contribution in [-0.4, -0.2) is 9.97 Å². The summed E-state index contributed by atoms with van der Waals surface area (Å²) in [6.07, 6.45) is 7.00. The zero-order chi connectivity index (χ0) is 11.8. The van der Waals surface area contributed by atoms with Gasteiger partial charge in [-0.2, -0.15) is 0 Å². The van der Waals surface area contributed by atoms with Gasteiger partial charge in [0.2, 0.25) is 0 Å². The van der Waals surface area contributed by atoms with Crippen LogP contribution >= 0.6 is 0 Å². The molecule has 17 heavy (non-hydrogen) atoms. The summed E-state index contributed by atoms with van der Waals surface area (Å²) < 4.78 is 0. The van der Waals surface area contributed by atoms with Crippen LogP contribution in [0.2, 0.25) is 0 Å². The van der Waals surface area contributed by atoms with Gasteiger partial charge in [-0.05, 0) is 30.7 Å². The van der Waals surface area contributed by atoms with Gasteiger partial charge in [0.15, 0.2) is 5.43 Å². The summed E-state index contributed by atoms with van der Waals surface area (Å²) in [5.41, 5.74) is 2.08. The molecule has 0 aromatic carbocycles. The Hall–Kier alpha value is -1.64. The van der Waals surface area contributed by atoms with Crippen LogP contribution in [0.1, 0.15) is 37.8 Å². The molecular formula is C14H16N2O. The molecule has 1 aliphatic carbocycles. The Bertz CT molecular complexity index is 602. The van der Waals surface area contributed by atoms with E-state index in [0.717, 1.165) is 17.1 Å². The zero-order valence-corrected chi connectivity index (χ0v) is 9.94. The Morgan fingerprint density at radius 1 is 1.41 bits per heavy atom. The molecular weight excluding hydrogens is 212 g/mol. The zero-order valence-electron chi connectivity index (χ0n) is 9.94. The SMILES string of the molecule is CC1CC[C@H](c2cc(=O)c3cnccc3[nH]2)C1. The number of pyridine rings is 2. The fourth-order valence-electron chi connectivity index (χ4n) is 2.82. The molecule has 2 atom stereocenters. The summed E-state index contributed by atoms with van der Waals surface area (Å²) in [6.45, 7) is 2.28. The highest BCUT2D eigenvalue weighted by molar-refractivity contribution is 5.77. The predicted octanol–water partition coefficient (Wildman–Crippen LogP) is 2.83. The quantitative estimate of drug-likeness (QED) is 0.815. The van der Waals surface area contributed by atoms with Crippen molar-refractivity contribution in [3.05, 3.63) is 40.4 Å². The van der Waals surface area contributed by atoms with Crippen molar-refractivity contribution in [3.8, 4) is 0 Å². The van der Waals surface area contributed by atoms with Crippen molar-refractivity contribution in [2.24, 2.45) is 5.92 Å². The summed E-state index contributed by atoms with van der Waals surface area (Å²) >= 11 is 0. The summed E-state index contributed by atoms with van der Waals surface area (Å²) in [4.78, 5) is 19.4. The summed E-state index contributed by atoms with van der Waals surface area (Å²) in [5, 5.41) is 0.683. The van der Waals surface area contributed by atoms with E-state index < -0.39 is 0 Å². The van der Waals surface area contributed by atoms with Crippen molar-refractivity contribution in [1.29, 1.82) is 0 Å². The summed E-state index contributed by atoms with van der Waals surface area (Å²) in [7, 11) is 0. The van der Waals surface area contributed by atoms with E-state index in [-0.39, 0.29) is 5.43 Å². The lowest BCUT2D eigenvalue weighted by atomic mass is 10.0. The van der Waals surface area contributed by atoms with Gasteiger partial charge in [-0.25, -0.2) is 0 Å². The van der Waals surface area contributed by atoms with Crippen molar-refractivity contribution in [1.82, 2.24) is 9.97 Å². The smallest absolute Gasteiger partial charge is 0.191 e. The van der Waals surface area contributed by atoms with Crippen LogP contribution in [0, 0.1) is 5.92 Å². The van der Waals surface area contributed by atoms with Crippen LogP contribution in [-0.2, 0) is 0 Å².